The van der Waals surface area contributed by atoms with Crippen LogP contribution in [0.4, 0.5) is 5.69 Å². The predicted octanol–water partition coefficient (Wildman–Crippen LogP) is 1.79. The van der Waals surface area contributed by atoms with Crippen LogP contribution in [-0.2, 0) is 18.3 Å². The van der Waals surface area contributed by atoms with E-state index in [1.807, 2.05) is 18.7 Å². The number of hydrogen-bond acceptors (Lipinski definition) is 3. The number of ketones is 1. The summed E-state index contributed by atoms with van der Waals surface area (Å²) >= 11 is 0. The number of rotatable bonds is 2. The van der Waals surface area contributed by atoms with Crippen LogP contribution in [0.15, 0.2) is 6.20 Å². The first-order valence-electron chi connectivity index (χ1n) is 6.36. The van der Waals surface area contributed by atoms with Gasteiger partial charge in [-0.25, -0.2) is 0 Å². The molecule has 1 aromatic heterocycles. The van der Waals surface area contributed by atoms with Gasteiger partial charge >= 0.3 is 0 Å². The molecule has 0 radical (unpaired) electrons. The normalized spacial score (nSPS) is 25.4. The number of aromatic nitrogens is 2. The quantitative estimate of drug-likeness (QED) is 0.784. The maximum atomic E-state index is 11.7. The third kappa shape index (κ3) is 2.08. The van der Waals surface area contributed by atoms with Crippen molar-refractivity contribution < 1.29 is 4.79 Å². The summed E-state index contributed by atoms with van der Waals surface area (Å²) in [5, 5.41) is 4.47. The van der Waals surface area contributed by atoms with Gasteiger partial charge < -0.3 is 4.90 Å². The summed E-state index contributed by atoms with van der Waals surface area (Å²) in [5.74, 6) is 0.504. The highest BCUT2D eigenvalue weighted by Crippen LogP contribution is 2.29. The molecule has 1 fully saturated rings. The highest BCUT2D eigenvalue weighted by atomic mass is 16.1. The molecule has 0 aliphatic carbocycles. The molecule has 4 nitrogen and oxygen atoms in total. The molecule has 4 heteroatoms. The van der Waals surface area contributed by atoms with Crippen LogP contribution >= 0.6 is 0 Å². The van der Waals surface area contributed by atoms with E-state index in [0.29, 0.717) is 12.2 Å². The fourth-order valence-corrected chi connectivity index (χ4v) is 2.55. The van der Waals surface area contributed by atoms with Crippen LogP contribution in [0.25, 0.3) is 0 Å². The van der Waals surface area contributed by atoms with Crippen LogP contribution in [0, 0.1) is 5.92 Å². The minimum Gasteiger partial charge on any atom is -0.365 e. The van der Waals surface area contributed by atoms with Gasteiger partial charge in [-0.3, -0.25) is 9.48 Å². The molecule has 1 aromatic rings. The van der Waals surface area contributed by atoms with Crippen molar-refractivity contribution in [3.63, 3.8) is 0 Å². The van der Waals surface area contributed by atoms with Crippen LogP contribution in [0.2, 0.25) is 0 Å². The highest BCUT2D eigenvalue weighted by molar-refractivity contribution is 5.84. The van der Waals surface area contributed by atoms with E-state index >= 15 is 0 Å². The second kappa shape index (κ2) is 4.51. The number of carbonyl (C=O) groups excluding carboxylic acids is 1. The van der Waals surface area contributed by atoms with E-state index in [1.165, 1.54) is 5.69 Å². The minimum absolute atomic E-state index is 0.119. The molecule has 2 rings (SSSR count). The van der Waals surface area contributed by atoms with Crippen molar-refractivity contribution >= 4 is 11.5 Å². The summed E-state index contributed by atoms with van der Waals surface area (Å²) in [6.07, 6.45) is 3.66. The fraction of sp³-hybridized carbons (Fsp3) is 0.692. The van der Waals surface area contributed by atoms with Gasteiger partial charge in [-0.2, -0.15) is 5.10 Å². The third-order valence-electron chi connectivity index (χ3n) is 3.85. The van der Waals surface area contributed by atoms with Crippen molar-refractivity contribution in [3.8, 4) is 0 Å². The molecule has 2 unspecified atom stereocenters. The molecule has 1 aliphatic rings. The smallest absolute Gasteiger partial charge is 0.139 e. The van der Waals surface area contributed by atoms with Crippen molar-refractivity contribution in [1.29, 1.82) is 0 Å². The lowest BCUT2D eigenvalue weighted by molar-refractivity contribution is -0.123. The summed E-state index contributed by atoms with van der Waals surface area (Å²) < 4.78 is 1.86. The Morgan fingerprint density at radius 2 is 2.18 bits per heavy atom. The van der Waals surface area contributed by atoms with Gasteiger partial charge in [0.05, 0.1) is 11.4 Å². The number of anilines is 1. The number of nitrogens with zero attached hydrogens (tertiary/aromatic N) is 3. The van der Waals surface area contributed by atoms with Gasteiger partial charge in [0.1, 0.15) is 5.78 Å². The number of Topliss-reactive ketones (excluding diaryl/α,β-unsaturated/α-hetero) is 1. The van der Waals surface area contributed by atoms with Crippen molar-refractivity contribution in [2.75, 3.05) is 11.4 Å². The molecule has 0 spiro atoms. The SMILES string of the molecule is CCc1nn(C)cc1N1CCC(=O)C(C)C1C. The van der Waals surface area contributed by atoms with Gasteiger partial charge in [-0.05, 0) is 13.3 Å². The van der Waals surface area contributed by atoms with E-state index in [2.05, 4.69) is 30.0 Å². The summed E-state index contributed by atoms with van der Waals surface area (Å²) in [7, 11) is 1.95. The zero-order valence-corrected chi connectivity index (χ0v) is 11.1. The van der Waals surface area contributed by atoms with Gasteiger partial charge in [-0.15, -0.1) is 0 Å². The van der Waals surface area contributed by atoms with Crippen molar-refractivity contribution in [3.05, 3.63) is 11.9 Å². The first-order chi connectivity index (χ1) is 8.04. The summed E-state index contributed by atoms with van der Waals surface area (Å²) in [6, 6.07) is 0.269. The predicted molar refractivity (Wildman–Crippen MR) is 68.2 cm³/mol. The maximum Gasteiger partial charge on any atom is 0.139 e. The molecule has 1 saturated heterocycles. The van der Waals surface area contributed by atoms with Crippen molar-refractivity contribution in [2.24, 2.45) is 13.0 Å². The first kappa shape index (κ1) is 12.1. The monoisotopic (exact) mass is 235 g/mol. The van der Waals surface area contributed by atoms with Gasteiger partial charge in [-0.1, -0.05) is 13.8 Å². The van der Waals surface area contributed by atoms with E-state index in [0.717, 1.165) is 18.7 Å². The Kier molecular flexibility index (Phi) is 3.22. The molecule has 0 N–H and O–H groups in total. The average Bonchev–Trinajstić information content (AvgIpc) is 2.67. The Morgan fingerprint density at radius 1 is 1.47 bits per heavy atom. The summed E-state index contributed by atoms with van der Waals surface area (Å²) in [4.78, 5) is 14.0. The Morgan fingerprint density at radius 3 is 2.82 bits per heavy atom. The van der Waals surface area contributed by atoms with E-state index in [4.69, 9.17) is 0 Å². The minimum atomic E-state index is 0.119. The van der Waals surface area contributed by atoms with Crippen LogP contribution in [0.1, 0.15) is 32.9 Å². The van der Waals surface area contributed by atoms with E-state index in [-0.39, 0.29) is 12.0 Å². The second-order valence-electron chi connectivity index (χ2n) is 4.93. The zero-order chi connectivity index (χ0) is 12.6. The van der Waals surface area contributed by atoms with Gasteiger partial charge in [0, 0.05) is 38.2 Å². The Bertz CT molecular complexity index is 424. The van der Waals surface area contributed by atoms with Gasteiger partial charge in [0.25, 0.3) is 0 Å². The van der Waals surface area contributed by atoms with Gasteiger partial charge in [0.15, 0.2) is 0 Å². The van der Waals surface area contributed by atoms with Crippen molar-refractivity contribution in [2.45, 2.75) is 39.7 Å². The standard InChI is InChI=1S/C13H21N3O/c1-5-11-12(8-15(4)14-11)16-7-6-13(17)9(2)10(16)3/h8-10H,5-7H2,1-4H3. The lowest BCUT2D eigenvalue weighted by Crippen LogP contribution is -2.47. The Hall–Kier alpha value is -1.32. The average molecular weight is 235 g/mol. The molecule has 2 heterocycles. The molecule has 0 saturated carbocycles. The van der Waals surface area contributed by atoms with Crippen LogP contribution < -0.4 is 4.90 Å². The lowest BCUT2D eigenvalue weighted by atomic mass is 9.90. The number of hydrogen-bond donors (Lipinski definition) is 0. The first-order valence-corrected chi connectivity index (χ1v) is 6.36. The summed E-state index contributed by atoms with van der Waals surface area (Å²) in [5.41, 5.74) is 2.32. The molecular formula is C13H21N3O. The second-order valence-corrected chi connectivity index (χ2v) is 4.93. The lowest BCUT2D eigenvalue weighted by Gasteiger charge is -2.38. The summed E-state index contributed by atoms with van der Waals surface area (Å²) in [6.45, 7) is 7.10. The molecule has 2 atom stereocenters. The molecular weight excluding hydrogens is 214 g/mol. The van der Waals surface area contributed by atoms with E-state index in [1.54, 1.807) is 0 Å². The van der Waals surface area contributed by atoms with Crippen LogP contribution in [0.5, 0.6) is 0 Å². The zero-order valence-electron chi connectivity index (χ0n) is 11.1. The molecule has 1 aliphatic heterocycles. The number of aryl methyl sites for hydroxylation is 2. The van der Waals surface area contributed by atoms with Gasteiger partial charge in [0.2, 0.25) is 0 Å². The molecule has 94 valence electrons. The third-order valence-corrected chi connectivity index (χ3v) is 3.85. The van der Waals surface area contributed by atoms with Crippen molar-refractivity contribution in [1.82, 2.24) is 9.78 Å². The topological polar surface area (TPSA) is 38.1 Å². The number of piperidine rings is 1. The Labute approximate surface area is 103 Å². The van der Waals surface area contributed by atoms with E-state index in [9.17, 15) is 4.79 Å². The number of carbonyl (C=O) groups is 1. The molecule has 0 bridgehead atoms. The fourth-order valence-electron chi connectivity index (χ4n) is 2.55. The maximum absolute atomic E-state index is 11.7. The van der Waals surface area contributed by atoms with E-state index < -0.39 is 0 Å². The largest absolute Gasteiger partial charge is 0.365 e. The van der Waals surface area contributed by atoms with Crippen LogP contribution in [-0.4, -0.2) is 28.2 Å². The van der Waals surface area contributed by atoms with Crippen LogP contribution in [0.3, 0.4) is 0 Å². The highest BCUT2D eigenvalue weighted by Gasteiger charge is 2.32. The molecule has 17 heavy (non-hydrogen) atoms. The Balaban J connectivity index is 2.30. The molecule has 0 aromatic carbocycles. The molecule has 0 amide bonds.